The molecule has 0 saturated heterocycles. The first kappa shape index (κ1) is 27.5. The number of carbonyl (C=O) groups is 2. The van der Waals surface area contributed by atoms with Crippen LogP contribution in [0.15, 0.2) is 110 Å². The molecular formula is C35H37N5O2. The van der Waals surface area contributed by atoms with Gasteiger partial charge in [-0.2, -0.15) is 0 Å². The van der Waals surface area contributed by atoms with Gasteiger partial charge in [-0.1, -0.05) is 55.7 Å². The minimum absolute atomic E-state index is 0.122. The van der Waals surface area contributed by atoms with E-state index in [0.29, 0.717) is 12.1 Å². The van der Waals surface area contributed by atoms with Crippen molar-refractivity contribution in [2.75, 3.05) is 6.54 Å². The first-order valence-electron chi connectivity index (χ1n) is 14.8. The number of carbonyl (C=O) groups excluding carboxylic acids is 2. The lowest BCUT2D eigenvalue weighted by atomic mass is 9.71. The molecule has 2 atom stereocenters. The van der Waals surface area contributed by atoms with Crippen molar-refractivity contribution in [3.05, 3.63) is 121 Å². The molecule has 3 aromatic heterocycles. The van der Waals surface area contributed by atoms with E-state index in [4.69, 9.17) is 4.98 Å². The third kappa shape index (κ3) is 5.47. The average Bonchev–Trinajstić information content (AvgIpc) is 3.72. The zero-order chi connectivity index (χ0) is 28.9. The maximum absolute atomic E-state index is 14.2. The lowest BCUT2D eigenvalue weighted by Gasteiger charge is -2.37. The fourth-order valence-electron chi connectivity index (χ4n) is 6.48. The number of nitrogens with zero attached hydrogens (tertiary/aromatic N) is 3. The molecule has 42 heavy (non-hydrogen) atoms. The van der Waals surface area contributed by atoms with Gasteiger partial charge < -0.3 is 19.8 Å². The molecule has 2 amide bonds. The number of fused-ring (bicyclic) bond motifs is 1. The smallest absolute Gasteiger partial charge is 0.253 e. The number of hydrogen-bond acceptors (Lipinski definition) is 3. The Morgan fingerprint density at radius 1 is 0.857 bits per heavy atom. The molecule has 7 nitrogen and oxygen atoms in total. The van der Waals surface area contributed by atoms with Gasteiger partial charge in [0.25, 0.3) is 5.91 Å². The molecule has 1 fully saturated rings. The number of amides is 2. The van der Waals surface area contributed by atoms with Gasteiger partial charge in [-0.3, -0.25) is 14.6 Å². The summed E-state index contributed by atoms with van der Waals surface area (Å²) < 4.78 is 3.91. The summed E-state index contributed by atoms with van der Waals surface area (Å²) >= 11 is 0. The lowest BCUT2D eigenvalue weighted by Crippen LogP contribution is -2.49. The highest BCUT2D eigenvalue weighted by molar-refractivity contribution is 5.98. The number of para-hydroxylation sites is 2. The van der Waals surface area contributed by atoms with E-state index in [1.807, 2.05) is 120 Å². The molecule has 0 aliphatic heterocycles. The summed E-state index contributed by atoms with van der Waals surface area (Å²) in [4.78, 5) is 32.6. The Morgan fingerprint density at radius 3 is 2.38 bits per heavy atom. The van der Waals surface area contributed by atoms with E-state index in [-0.39, 0.29) is 17.2 Å². The molecule has 2 aromatic carbocycles. The van der Waals surface area contributed by atoms with Gasteiger partial charge in [0.2, 0.25) is 5.91 Å². The molecule has 0 bridgehead atoms. The number of rotatable bonds is 9. The minimum Gasteiger partial charge on any atom is -0.353 e. The van der Waals surface area contributed by atoms with E-state index in [2.05, 4.69) is 16.7 Å². The van der Waals surface area contributed by atoms with E-state index < -0.39 is 12.1 Å². The van der Waals surface area contributed by atoms with E-state index >= 15 is 0 Å². The molecular weight excluding hydrogens is 522 g/mol. The number of hydrogen-bond donors (Lipinski definition) is 2. The van der Waals surface area contributed by atoms with Crippen molar-refractivity contribution in [2.24, 2.45) is 0 Å². The molecule has 3 heterocycles. The minimum atomic E-state index is -0.656. The number of benzene rings is 2. The van der Waals surface area contributed by atoms with Gasteiger partial charge in [-0.15, -0.1) is 0 Å². The summed E-state index contributed by atoms with van der Waals surface area (Å²) in [7, 11) is 0. The maximum atomic E-state index is 14.2. The Kier molecular flexibility index (Phi) is 7.91. The average molecular weight is 560 g/mol. The molecule has 214 valence electrons. The highest BCUT2D eigenvalue weighted by Gasteiger charge is 2.37. The summed E-state index contributed by atoms with van der Waals surface area (Å²) in [5, 5.41) is 7.53. The summed E-state index contributed by atoms with van der Waals surface area (Å²) in [5.41, 5.74) is 3.13. The van der Waals surface area contributed by atoms with Crippen molar-refractivity contribution in [1.29, 1.82) is 0 Å². The van der Waals surface area contributed by atoms with Gasteiger partial charge in [0, 0.05) is 48.0 Å². The predicted molar refractivity (Wildman–Crippen MR) is 166 cm³/mol. The largest absolute Gasteiger partial charge is 0.353 e. The number of nitrogens with one attached hydrogen (secondary N) is 2. The number of aromatic nitrogens is 3. The quantitative estimate of drug-likeness (QED) is 0.226. The van der Waals surface area contributed by atoms with Crippen molar-refractivity contribution >= 4 is 22.7 Å². The lowest BCUT2D eigenvalue weighted by molar-refractivity contribution is -0.125. The second kappa shape index (κ2) is 12.1. The third-order valence-electron chi connectivity index (χ3n) is 8.68. The van der Waals surface area contributed by atoms with E-state index in [9.17, 15) is 9.59 Å². The van der Waals surface area contributed by atoms with Gasteiger partial charge in [-0.25, -0.2) is 0 Å². The molecule has 6 rings (SSSR count). The van der Waals surface area contributed by atoms with Crippen LogP contribution >= 0.6 is 0 Å². The van der Waals surface area contributed by atoms with Crippen molar-refractivity contribution < 1.29 is 9.59 Å². The maximum Gasteiger partial charge on any atom is 0.253 e. The van der Waals surface area contributed by atoms with Crippen LogP contribution in [0.5, 0.6) is 0 Å². The summed E-state index contributed by atoms with van der Waals surface area (Å²) in [5.74, 6) is -0.345. The van der Waals surface area contributed by atoms with Crippen LogP contribution in [0.4, 0.5) is 0 Å². The molecule has 0 radical (unpaired) electrons. The Hall–Kier alpha value is -4.65. The molecule has 1 aliphatic carbocycles. The van der Waals surface area contributed by atoms with E-state index in [1.54, 1.807) is 0 Å². The fourth-order valence-corrected chi connectivity index (χ4v) is 6.48. The first-order chi connectivity index (χ1) is 20.6. The summed E-state index contributed by atoms with van der Waals surface area (Å²) in [6, 6.07) is 26.3. The molecule has 2 N–H and O–H groups in total. The zero-order valence-corrected chi connectivity index (χ0v) is 23.9. The fraction of sp³-hybridized carbons (Fsp3) is 0.286. The molecule has 1 unspecified atom stereocenters. The Bertz CT molecular complexity index is 1650. The Labute approximate surface area is 246 Å². The molecule has 1 aliphatic rings. The van der Waals surface area contributed by atoms with Crippen LogP contribution in [0.25, 0.3) is 16.6 Å². The summed E-state index contributed by atoms with van der Waals surface area (Å²) in [6.07, 6.45) is 13.0. The highest BCUT2D eigenvalue weighted by atomic mass is 16.2. The monoisotopic (exact) mass is 559 g/mol. The number of pyridine rings is 1. The Morgan fingerprint density at radius 2 is 1.60 bits per heavy atom. The van der Waals surface area contributed by atoms with Crippen LogP contribution in [0.1, 0.15) is 61.1 Å². The van der Waals surface area contributed by atoms with Crippen molar-refractivity contribution in [2.45, 2.75) is 56.5 Å². The predicted octanol–water partition coefficient (Wildman–Crippen LogP) is 6.20. The van der Waals surface area contributed by atoms with Crippen molar-refractivity contribution in [1.82, 2.24) is 24.8 Å². The van der Waals surface area contributed by atoms with E-state index in [1.165, 1.54) is 6.42 Å². The van der Waals surface area contributed by atoms with Gasteiger partial charge >= 0.3 is 0 Å². The van der Waals surface area contributed by atoms with E-state index in [0.717, 1.165) is 48.0 Å². The zero-order valence-electron chi connectivity index (χ0n) is 23.9. The van der Waals surface area contributed by atoms with Crippen LogP contribution in [-0.2, 0) is 10.2 Å². The molecule has 7 heteroatoms. The normalized spacial score (nSPS) is 16.0. The summed E-state index contributed by atoms with van der Waals surface area (Å²) in [6.45, 7) is 2.42. The third-order valence-corrected chi connectivity index (χ3v) is 8.68. The van der Waals surface area contributed by atoms with Gasteiger partial charge in [0.15, 0.2) is 0 Å². The molecule has 5 aromatic rings. The van der Waals surface area contributed by atoms with Crippen LogP contribution in [0, 0.1) is 0 Å². The van der Waals surface area contributed by atoms with Crippen LogP contribution < -0.4 is 10.6 Å². The highest BCUT2D eigenvalue weighted by Crippen LogP contribution is 2.38. The van der Waals surface area contributed by atoms with Gasteiger partial charge in [0.05, 0.1) is 17.3 Å². The topological polar surface area (TPSA) is 81.0 Å². The Balaban J connectivity index is 1.29. The van der Waals surface area contributed by atoms with Crippen LogP contribution in [-0.4, -0.2) is 38.5 Å². The van der Waals surface area contributed by atoms with Gasteiger partial charge in [0.1, 0.15) is 6.04 Å². The van der Waals surface area contributed by atoms with Crippen molar-refractivity contribution in [3.63, 3.8) is 0 Å². The standard InChI is InChI=1S/C35H37N5O2/c1-26(38-33(41)28-14-4-6-16-30(28)39-22-11-12-23-39)32(40-24-18-27-13-3-5-15-29(27)40)34(42)37-25-35(19-8-2-9-20-35)31-17-7-10-21-36-31/h3-7,10-18,21-24,26,32H,2,8-9,19-20,25H2,1H3,(H,37,42)(H,38,41)/t26?,32-/m0/s1. The van der Waals surface area contributed by atoms with Crippen molar-refractivity contribution in [3.8, 4) is 5.69 Å². The molecule has 1 saturated carbocycles. The SMILES string of the molecule is CC(NC(=O)c1ccccc1-n1cccc1)[C@@H](C(=O)NCC1(c2ccccn2)CCCCC1)n1ccc2ccccc21. The van der Waals surface area contributed by atoms with Crippen LogP contribution in [0.3, 0.4) is 0 Å². The first-order valence-corrected chi connectivity index (χ1v) is 14.8. The second-order valence-electron chi connectivity index (χ2n) is 11.4. The van der Waals surface area contributed by atoms with Crippen LogP contribution in [0.2, 0.25) is 0 Å². The van der Waals surface area contributed by atoms with Gasteiger partial charge in [-0.05, 0) is 73.7 Å². The molecule has 0 spiro atoms. The second-order valence-corrected chi connectivity index (χ2v) is 11.4.